The molecule has 0 aromatic heterocycles. The molecule has 0 radical (unpaired) electrons. The van der Waals surface area contributed by atoms with Gasteiger partial charge in [-0.2, -0.15) is 0 Å². The minimum Gasteiger partial charge on any atom is -0.496 e. The summed E-state index contributed by atoms with van der Waals surface area (Å²) in [4.78, 5) is 12.5. The zero-order chi connectivity index (χ0) is 16.1. The Balaban J connectivity index is 2.20. The second kappa shape index (κ2) is 7.35. The molecule has 0 saturated carbocycles. The van der Waals surface area contributed by atoms with Crippen LogP contribution in [0.1, 0.15) is 30.1 Å². The van der Waals surface area contributed by atoms with E-state index >= 15 is 0 Å². The van der Waals surface area contributed by atoms with Gasteiger partial charge in [-0.3, -0.25) is 4.79 Å². The SMILES string of the molecule is COc1cc(OC)c(C(=O)NC(C)C2CCCO2)cc1OC. The van der Waals surface area contributed by atoms with Crippen LogP contribution in [0, 0.1) is 0 Å². The van der Waals surface area contributed by atoms with Gasteiger partial charge in [0.1, 0.15) is 5.75 Å². The van der Waals surface area contributed by atoms with E-state index in [9.17, 15) is 4.79 Å². The largest absolute Gasteiger partial charge is 0.496 e. The van der Waals surface area contributed by atoms with Crippen molar-refractivity contribution in [3.8, 4) is 17.2 Å². The van der Waals surface area contributed by atoms with Crippen molar-refractivity contribution in [2.45, 2.75) is 31.9 Å². The van der Waals surface area contributed by atoms with Crippen LogP contribution >= 0.6 is 0 Å². The fourth-order valence-corrected chi connectivity index (χ4v) is 2.58. The molecule has 1 heterocycles. The average Bonchev–Trinajstić information content (AvgIpc) is 3.07. The van der Waals surface area contributed by atoms with Crippen LogP contribution < -0.4 is 19.5 Å². The number of hydrogen-bond donors (Lipinski definition) is 1. The second-order valence-corrected chi connectivity index (χ2v) is 5.22. The van der Waals surface area contributed by atoms with Crippen molar-refractivity contribution in [1.29, 1.82) is 0 Å². The van der Waals surface area contributed by atoms with Gasteiger partial charge in [0.05, 0.1) is 39.0 Å². The third-order valence-corrected chi connectivity index (χ3v) is 3.83. The summed E-state index contributed by atoms with van der Waals surface area (Å²) in [6, 6.07) is 3.20. The third kappa shape index (κ3) is 3.44. The van der Waals surface area contributed by atoms with Crippen molar-refractivity contribution in [1.82, 2.24) is 5.32 Å². The lowest BCUT2D eigenvalue weighted by molar-refractivity contribution is 0.0710. The molecule has 1 fully saturated rings. The Kier molecular flexibility index (Phi) is 5.49. The van der Waals surface area contributed by atoms with Gasteiger partial charge in [0.25, 0.3) is 5.91 Å². The lowest BCUT2D eigenvalue weighted by atomic mass is 10.1. The first-order valence-corrected chi connectivity index (χ1v) is 7.33. The summed E-state index contributed by atoms with van der Waals surface area (Å²) in [5.74, 6) is 1.22. The molecule has 22 heavy (non-hydrogen) atoms. The lowest BCUT2D eigenvalue weighted by Gasteiger charge is -2.21. The summed E-state index contributed by atoms with van der Waals surface area (Å²) in [5.41, 5.74) is 0.407. The first-order valence-electron chi connectivity index (χ1n) is 7.33. The van der Waals surface area contributed by atoms with Gasteiger partial charge < -0.3 is 24.3 Å². The predicted molar refractivity (Wildman–Crippen MR) is 82.0 cm³/mol. The molecule has 2 rings (SSSR count). The Hall–Kier alpha value is -1.95. The number of carbonyl (C=O) groups excluding carboxylic acids is 1. The van der Waals surface area contributed by atoms with Gasteiger partial charge in [-0.05, 0) is 19.8 Å². The summed E-state index contributed by atoms with van der Waals surface area (Å²) in [6.07, 6.45) is 2.06. The smallest absolute Gasteiger partial charge is 0.255 e. The molecule has 1 saturated heterocycles. The van der Waals surface area contributed by atoms with Crippen LogP contribution in [0.4, 0.5) is 0 Å². The molecular formula is C16H23NO5. The van der Waals surface area contributed by atoms with Gasteiger partial charge in [0, 0.05) is 18.7 Å². The highest BCUT2D eigenvalue weighted by atomic mass is 16.5. The van der Waals surface area contributed by atoms with E-state index in [1.165, 1.54) is 21.3 Å². The molecule has 2 atom stereocenters. The van der Waals surface area contributed by atoms with Crippen molar-refractivity contribution in [2.24, 2.45) is 0 Å². The first-order chi connectivity index (χ1) is 10.6. The number of ether oxygens (including phenoxy) is 4. The number of methoxy groups -OCH3 is 3. The number of rotatable bonds is 6. The number of carbonyl (C=O) groups is 1. The summed E-state index contributed by atoms with van der Waals surface area (Å²) in [5, 5.41) is 2.96. The summed E-state index contributed by atoms with van der Waals surface area (Å²) in [7, 11) is 4.58. The second-order valence-electron chi connectivity index (χ2n) is 5.22. The van der Waals surface area contributed by atoms with Crippen LogP contribution in [-0.2, 0) is 4.74 Å². The molecule has 1 amide bonds. The maximum Gasteiger partial charge on any atom is 0.255 e. The van der Waals surface area contributed by atoms with E-state index in [1.807, 2.05) is 6.92 Å². The fourth-order valence-electron chi connectivity index (χ4n) is 2.58. The third-order valence-electron chi connectivity index (χ3n) is 3.83. The molecule has 1 aliphatic heterocycles. The van der Waals surface area contributed by atoms with E-state index in [-0.39, 0.29) is 18.1 Å². The maximum atomic E-state index is 12.5. The molecule has 122 valence electrons. The molecular weight excluding hydrogens is 286 g/mol. The molecule has 2 unspecified atom stereocenters. The Labute approximate surface area is 130 Å². The fraction of sp³-hybridized carbons (Fsp3) is 0.562. The van der Waals surface area contributed by atoms with Crippen molar-refractivity contribution in [3.63, 3.8) is 0 Å². The normalized spacial score (nSPS) is 18.6. The Morgan fingerprint density at radius 1 is 1.18 bits per heavy atom. The number of amides is 1. The van der Waals surface area contributed by atoms with E-state index in [4.69, 9.17) is 18.9 Å². The number of benzene rings is 1. The summed E-state index contributed by atoms with van der Waals surface area (Å²) in [6.45, 7) is 2.70. The van der Waals surface area contributed by atoms with Crippen LogP contribution in [0.2, 0.25) is 0 Å². The lowest BCUT2D eigenvalue weighted by Crippen LogP contribution is -2.40. The van der Waals surface area contributed by atoms with Crippen LogP contribution in [0.3, 0.4) is 0 Å². The summed E-state index contributed by atoms with van der Waals surface area (Å²) >= 11 is 0. The van der Waals surface area contributed by atoms with Crippen LogP contribution in [0.5, 0.6) is 17.2 Å². The molecule has 1 aliphatic rings. The summed E-state index contributed by atoms with van der Waals surface area (Å²) < 4.78 is 21.4. The van der Waals surface area contributed by atoms with Gasteiger partial charge in [0.15, 0.2) is 11.5 Å². The minimum atomic E-state index is -0.221. The van der Waals surface area contributed by atoms with E-state index in [0.717, 1.165) is 19.4 Å². The first kappa shape index (κ1) is 16.4. The number of nitrogens with one attached hydrogen (secondary N) is 1. The molecule has 1 aromatic rings. The van der Waals surface area contributed by atoms with Crippen molar-refractivity contribution >= 4 is 5.91 Å². The van der Waals surface area contributed by atoms with Crippen LogP contribution in [0.15, 0.2) is 12.1 Å². The molecule has 0 spiro atoms. The van der Waals surface area contributed by atoms with E-state index < -0.39 is 0 Å². The highest BCUT2D eigenvalue weighted by molar-refractivity contribution is 5.98. The van der Waals surface area contributed by atoms with Crippen molar-refractivity contribution in [2.75, 3.05) is 27.9 Å². The molecule has 1 N–H and O–H groups in total. The predicted octanol–water partition coefficient (Wildman–Crippen LogP) is 2.01. The Bertz CT molecular complexity index is 526. The van der Waals surface area contributed by atoms with Gasteiger partial charge in [-0.1, -0.05) is 0 Å². The quantitative estimate of drug-likeness (QED) is 0.871. The minimum absolute atomic E-state index is 0.0622. The monoisotopic (exact) mass is 309 g/mol. The Morgan fingerprint density at radius 3 is 2.36 bits per heavy atom. The highest BCUT2D eigenvalue weighted by Gasteiger charge is 2.25. The van der Waals surface area contributed by atoms with E-state index in [0.29, 0.717) is 22.8 Å². The molecule has 0 aliphatic carbocycles. The number of hydrogen-bond acceptors (Lipinski definition) is 5. The van der Waals surface area contributed by atoms with Gasteiger partial charge in [-0.25, -0.2) is 0 Å². The standard InChI is InChI=1S/C16H23NO5/c1-10(12-6-5-7-22-12)17-16(18)11-8-14(20-3)15(21-4)9-13(11)19-2/h8-10,12H,5-7H2,1-4H3,(H,17,18). The van der Waals surface area contributed by atoms with Crippen molar-refractivity contribution in [3.05, 3.63) is 17.7 Å². The van der Waals surface area contributed by atoms with Gasteiger partial charge >= 0.3 is 0 Å². The van der Waals surface area contributed by atoms with Crippen LogP contribution in [0.25, 0.3) is 0 Å². The van der Waals surface area contributed by atoms with Crippen LogP contribution in [-0.4, -0.2) is 46.0 Å². The zero-order valence-corrected chi connectivity index (χ0v) is 13.5. The van der Waals surface area contributed by atoms with Crippen molar-refractivity contribution < 1.29 is 23.7 Å². The molecule has 0 bridgehead atoms. The highest BCUT2D eigenvalue weighted by Crippen LogP contribution is 2.34. The van der Waals surface area contributed by atoms with Gasteiger partial charge in [0.2, 0.25) is 0 Å². The molecule has 1 aromatic carbocycles. The molecule has 6 heteroatoms. The van der Waals surface area contributed by atoms with Gasteiger partial charge in [-0.15, -0.1) is 0 Å². The van der Waals surface area contributed by atoms with E-state index in [2.05, 4.69) is 5.32 Å². The Morgan fingerprint density at radius 2 is 1.82 bits per heavy atom. The average molecular weight is 309 g/mol. The maximum absolute atomic E-state index is 12.5. The zero-order valence-electron chi connectivity index (χ0n) is 13.5. The molecule has 6 nitrogen and oxygen atoms in total. The van der Waals surface area contributed by atoms with E-state index in [1.54, 1.807) is 12.1 Å². The topological polar surface area (TPSA) is 66.0 Å².